The van der Waals surface area contributed by atoms with Crippen LogP contribution >= 0.6 is 11.3 Å². The van der Waals surface area contributed by atoms with Gasteiger partial charge in [0.15, 0.2) is 0 Å². The number of thiazole rings is 1. The van der Waals surface area contributed by atoms with Crippen LogP contribution in [-0.2, 0) is 12.8 Å². The number of aryl methyl sites for hydroxylation is 2. The summed E-state index contributed by atoms with van der Waals surface area (Å²) in [5.74, 6) is 0. The first kappa shape index (κ1) is 13.0. The van der Waals surface area contributed by atoms with Gasteiger partial charge in [0, 0.05) is 23.9 Å². The number of hydrogen-bond donors (Lipinski definition) is 1. The number of benzene rings is 1. The molecule has 1 aliphatic heterocycles. The molecule has 108 valence electrons. The van der Waals surface area contributed by atoms with E-state index in [4.69, 9.17) is 0 Å². The van der Waals surface area contributed by atoms with E-state index in [2.05, 4.69) is 46.6 Å². The molecule has 5 heteroatoms. The first-order valence-electron chi connectivity index (χ1n) is 7.41. The Balaban J connectivity index is 1.55. The van der Waals surface area contributed by atoms with Crippen LogP contribution in [-0.4, -0.2) is 21.1 Å². The van der Waals surface area contributed by atoms with Crippen LogP contribution in [0.5, 0.6) is 0 Å². The van der Waals surface area contributed by atoms with E-state index in [1.54, 1.807) is 17.7 Å². The van der Waals surface area contributed by atoms with E-state index in [9.17, 15) is 0 Å². The molecule has 0 saturated carbocycles. The Kier molecular flexibility index (Phi) is 3.24. The summed E-state index contributed by atoms with van der Waals surface area (Å²) in [7, 11) is 0. The van der Waals surface area contributed by atoms with Crippen LogP contribution in [0, 0.1) is 6.92 Å². The lowest BCUT2D eigenvalue weighted by molar-refractivity contribution is 0.475. The highest BCUT2D eigenvalue weighted by Gasteiger charge is 2.25. The van der Waals surface area contributed by atoms with Gasteiger partial charge in [0.2, 0.25) is 4.96 Å². The average Bonchev–Trinajstić information content (AvgIpc) is 3.08. The number of rotatable bonds is 3. The highest BCUT2D eigenvalue weighted by Crippen LogP contribution is 2.33. The summed E-state index contributed by atoms with van der Waals surface area (Å²) in [5, 5.41) is 7.99. The molecule has 0 aliphatic carbocycles. The Bertz CT molecular complexity index is 756. The fourth-order valence-corrected chi connectivity index (χ4v) is 4.20. The lowest BCUT2D eigenvalue weighted by atomic mass is 9.99. The lowest BCUT2D eigenvalue weighted by Crippen LogP contribution is -2.29. The molecule has 0 radical (unpaired) electrons. The molecule has 2 aromatic heterocycles. The van der Waals surface area contributed by atoms with E-state index in [-0.39, 0.29) is 0 Å². The fraction of sp³-hybridized carbons (Fsp3) is 0.375. The van der Waals surface area contributed by atoms with Gasteiger partial charge < -0.3 is 5.32 Å². The molecule has 4 rings (SSSR count). The van der Waals surface area contributed by atoms with Gasteiger partial charge in [-0.05, 0) is 25.3 Å². The maximum absolute atomic E-state index is 4.34. The van der Waals surface area contributed by atoms with Crippen LogP contribution in [0.25, 0.3) is 4.96 Å². The maximum atomic E-state index is 4.34. The van der Waals surface area contributed by atoms with Crippen molar-refractivity contribution in [2.45, 2.75) is 32.2 Å². The molecule has 4 nitrogen and oxygen atoms in total. The molecule has 0 amide bonds. The molecule has 0 spiro atoms. The molecule has 0 bridgehead atoms. The van der Waals surface area contributed by atoms with Crippen LogP contribution in [0.4, 0.5) is 0 Å². The second-order valence-electron chi connectivity index (χ2n) is 5.65. The standard InChI is InChI=1S/C16H18N4S/c1-11-2-4-12(5-3-11)6-7-13-15-14(8-9-17-13)20-16(21-15)18-10-19-20/h2-5,10,13,17H,6-9H2,1H3. The van der Waals surface area contributed by atoms with Crippen LogP contribution in [0.3, 0.4) is 0 Å². The average molecular weight is 298 g/mol. The number of hydrogen-bond acceptors (Lipinski definition) is 4. The third-order valence-corrected chi connectivity index (χ3v) is 5.37. The third-order valence-electron chi connectivity index (χ3n) is 4.17. The van der Waals surface area contributed by atoms with Gasteiger partial charge in [-0.15, -0.1) is 0 Å². The fourth-order valence-electron chi connectivity index (χ4n) is 3.01. The molecule has 3 heterocycles. The van der Waals surface area contributed by atoms with Gasteiger partial charge in [0.1, 0.15) is 6.33 Å². The van der Waals surface area contributed by atoms with Crippen LogP contribution in [0.1, 0.15) is 34.2 Å². The van der Waals surface area contributed by atoms with E-state index in [1.165, 1.54) is 21.7 Å². The number of aromatic nitrogens is 3. The molecule has 3 aromatic rings. The SMILES string of the molecule is Cc1ccc(CCC2NCCc3c2sc2ncnn32)cc1. The van der Waals surface area contributed by atoms with Crippen molar-refractivity contribution in [3.63, 3.8) is 0 Å². The molecular weight excluding hydrogens is 280 g/mol. The Hall–Kier alpha value is -1.72. The van der Waals surface area contributed by atoms with Crippen molar-refractivity contribution >= 4 is 16.3 Å². The minimum Gasteiger partial charge on any atom is -0.309 e. The van der Waals surface area contributed by atoms with Crippen LogP contribution in [0.2, 0.25) is 0 Å². The van der Waals surface area contributed by atoms with Crippen molar-refractivity contribution < 1.29 is 0 Å². The predicted octanol–water partition coefficient (Wildman–Crippen LogP) is 2.92. The van der Waals surface area contributed by atoms with Crippen molar-refractivity contribution in [1.82, 2.24) is 19.9 Å². The second-order valence-corrected chi connectivity index (χ2v) is 6.66. The zero-order valence-corrected chi connectivity index (χ0v) is 12.9. The van der Waals surface area contributed by atoms with E-state index in [1.807, 2.05) is 4.52 Å². The van der Waals surface area contributed by atoms with Gasteiger partial charge in [0.25, 0.3) is 0 Å². The van der Waals surface area contributed by atoms with Crippen molar-refractivity contribution in [3.8, 4) is 0 Å². The van der Waals surface area contributed by atoms with Gasteiger partial charge in [0.05, 0.1) is 5.69 Å². The van der Waals surface area contributed by atoms with Crippen molar-refractivity contribution in [2.75, 3.05) is 6.54 Å². The minimum atomic E-state index is 0.434. The van der Waals surface area contributed by atoms with E-state index in [0.717, 1.165) is 30.8 Å². The Morgan fingerprint density at radius 3 is 3.05 bits per heavy atom. The quantitative estimate of drug-likeness (QED) is 0.808. The number of nitrogens with zero attached hydrogens (tertiary/aromatic N) is 3. The summed E-state index contributed by atoms with van der Waals surface area (Å²) in [6.07, 6.45) is 4.92. The first-order chi connectivity index (χ1) is 10.3. The van der Waals surface area contributed by atoms with Gasteiger partial charge in [-0.1, -0.05) is 41.2 Å². The monoisotopic (exact) mass is 298 g/mol. The Labute approximate surface area is 127 Å². The summed E-state index contributed by atoms with van der Waals surface area (Å²) >= 11 is 1.78. The minimum absolute atomic E-state index is 0.434. The summed E-state index contributed by atoms with van der Waals surface area (Å²) < 4.78 is 2.01. The topological polar surface area (TPSA) is 42.2 Å². The van der Waals surface area contributed by atoms with E-state index >= 15 is 0 Å². The molecule has 1 aromatic carbocycles. The number of nitrogens with one attached hydrogen (secondary N) is 1. The molecule has 1 N–H and O–H groups in total. The van der Waals surface area contributed by atoms with Crippen LogP contribution in [0.15, 0.2) is 30.6 Å². The molecule has 1 atom stereocenters. The van der Waals surface area contributed by atoms with Crippen molar-refractivity contribution in [3.05, 3.63) is 52.3 Å². The molecule has 1 unspecified atom stereocenters. The Morgan fingerprint density at radius 2 is 2.19 bits per heavy atom. The molecule has 1 aliphatic rings. The third kappa shape index (κ3) is 2.36. The Morgan fingerprint density at radius 1 is 1.33 bits per heavy atom. The van der Waals surface area contributed by atoms with Crippen molar-refractivity contribution in [2.24, 2.45) is 0 Å². The largest absolute Gasteiger partial charge is 0.309 e. The summed E-state index contributed by atoms with van der Waals surface area (Å²) in [4.78, 5) is 6.77. The van der Waals surface area contributed by atoms with Gasteiger partial charge in [-0.2, -0.15) is 5.10 Å². The first-order valence-corrected chi connectivity index (χ1v) is 8.23. The van der Waals surface area contributed by atoms with Crippen LogP contribution < -0.4 is 5.32 Å². The smallest absolute Gasteiger partial charge is 0.212 e. The highest BCUT2D eigenvalue weighted by atomic mass is 32.1. The molecule has 0 saturated heterocycles. The van der Waals surface area contributed by atoms with Crippen molar-refractivity contribution in [1.29, 1.82) is 0 Å². The summed E-state index contributed by atoms with van der Waals surface area (Å²) in [6.45, 7) is 3.16. The highest BCUT2D eigenvalue weighted by molar-refractivity contribution is 7.17. The number of fused-ring (bicyclic) bond motifs is 3. The zero-order valence-electron chi connectivity index (χ0n) is 12.0. The normalized spacial score (nSPS) is 18.0. The molecular formula is C16H18N4S. The lowest BCUT2D eigenvalue weighted by Gasteiger charge is -2.23. The second kappa shape index (κ2) is 5.24. The summed E-state index contributed by atoms with van der Waals surface area (Å²) in [5.41, 5.74) is 4.08. The zero-order chi connectivity index (χ0) is 14.2. The maximum Gasteiger partial charge on any atom is 0.212 e. The van der Waals surface area contributed by atoms with Gasteiger partial charge >= 0.3 is 0 Å². The van der Waals surface area contributed by atoms with Gasteiger partial charge in [-0.25, -0.2) is 9.50 Å². The van der Waals surface area contributed by atoms with Gasteiger partial charge in [-0.3, -0.25) is 0 Å². The van der Waals surface area contributed by atoms with E-state index in [0.29, 0.717) is 6.04 Å². The molecule has 21 heavy (non-hydrogen) atoms. The summed E-state index contributed by atoms with van der Waals surface area (Å²) in [6, 6.07) is 9.30. The van der Waals surface area contributed by atoms with E-state index < -0.39 is 0 Å². The predicted molar refractivity (Wildman–Crippen MR) is 84.8 cm³/mol. The molecule has 0 fully saturated rings.